The molecule has 40 heavy (non-hydrogen) atoms. The Kier molecular flexibility index (Phi) is 10.5. The number of anilines is 1. The Hall–Kier alpha value is -3.72. The molecule has 2 atom stereocenters. The van der Waals surface area contributed by atoms with Crippen molar-refractivity contribution in [3.8, 4) is 0 Å². The van der Waals surface area contributed by atoms with Gasteiger partial charge in [-0.05, 0) is 61.6 Å². The van der Waals surface area contributed by atoms with Crippen LogP contribution in [-0.2, 0) is 32.6 Å². The summed E-state index contributed by atoms with van der Waals surface area (Å²) in [7, 11) is -3.86. The Balaban J connectivity index is 2.09. The summed E-state index contributed by atoms with van der Waals surface area (Å²) >= 11 is 0. The van der Waals surface area contributed by atoms with Gasteiger partial charge in [0, 0.05) is 19.0 Å². The number of carbonyl (C=O) groups excluding carboxylic acids is 2. The van der Waals surface area contributed by atoms with E-state index < -0.39 is 34.3 Å². The van der Waals surface area contributed by atoms with E-state index in [0.717, 1.165) is 16.1 Å². The van der Waals surface area contributed by atoms with Crippen LogP contribution in [0.25, 0.3) is 0 Å². The zero-order valence-corrected chi connectivity index (χ0v) is 24.5. The first kappa shape index (κ1) is 30.8. The van der Waals surface area contributed by atoms with Gasteiger partial charge in [0.05, 0.1) is 11.9 Å². The van der Waals surface area contributed by atoms with Crippen LogP contribution in [0.3, 0.4) is 0 Å². The van der Waals surface area contributed by atoms with E-state index in [-0.39, 0.29) is 24.9 Å². The molecular formula is C31H38FN3O4S. The van der Waals surface area contributed by atoms with Gasteiger partial charge in [-0.2, -0.15) is 0 Å². The zero-order chi connectivity index (χ0) is 29.4. The molecule has 0 fully saturated rings. The van der Waals surface area contributed by atoms with Crippen molar-refractivity contribution < 1.29 is 22.4 Å². The molecule has 7 nitrogen and oxygen atoms in total. The number of benzene rings is 3. The fraction of sp³-hybridized carbons (Fsp3) is 0.355. The van der Waals surface area contributed by atoms with Gasteiger partial charge < -0.3 is 10.2 Å². The fourth-order valence-corrected chi connectivity index (χ4v) is 5.52. The van der Waals surface area contributed by atoms with Gasteiger partial charge in [-0.1, -0.05) is 67.6 Å². The highest BCUT2D eigenvalue weighted by Gasteiger charge is 2.34. The predicted molar refractivity (Wildman–Crippen MR) is 157 cm³/mol. The van der Waals surface area contributed by atoms with Crippen LogP contribution >= 0.6 is 0 Å². The summed E-state index contributed by atoms with van der Waals surface area (Å²) in [5.74, 6) is -1.31. The second-order valence-electron chi connectivity index (χ2n) is 10.2. The van der Waals surface area contributed by atoms with E-state index in [2.05, 4.69) is 5.32 Å². The number of aryl methyl sites for hydroxylation is 2. The average Bonchev–Trinajstić information content (AvgIpc) is 2.90. The number of halogens is 1. The topological polar surface area (TPSA) is 86.8 Å². The first-order chi connectivity index (χ1) is 18.9. The third-order valence-electron chi connectivity index (χ3n) is 6.91. The summed E-state index contributed by atoms with van der Waals surface area (Å²) < 4.78 is 40.8. The third kappa shape index (κ3) is 8.14. The number of hydrogen-bond donors (Lipinski definition) is 1. The molecule has 0 aliphatic heterocycles. The Bertz CT molecular complexity index is 1390. The maximum Gasteiger partial charge on any atom is 0.244 e. The van der Waals surface area contributed by atoms with Gasteiger partial charge in [0.1, 0.15) is 18.4 Å². The molecule has 214 valence electrons. The van der Waals surface area contributed by atoms with Crippen LogP contribution in [0.15, 0.2) is 72.8 Å². The molecular weight excluding hydrogens is 529 g/mol. The maximum atomic E-state index is 14.1. The quantitative estimate of drug-likeness (QED) is 0.342. The molecule has 0 aliphatic carbocycles. The SMILES string of the molecule is CC[C@H](C)NC(=O)[C@@H](Cc1ccccc1)N(Cc1ccc(F)cc1)C(=O)CN(c1c(C)cccc1C)S(C)(=O)=O. The molecule has 3 aromatic rings. The lowest BCUT2D eigenvalue weighted by molar-refractivity contribution is -0.140. The molecule has 0 unspecified atom stereocenters. The summed E-state index contributed by atoms with van der Waals surface area (Å²) in [5, 5.41) is 2.99. The summed E-state index contributed by atoms with van der Waals surface area (Å²) in [6.45, 7) is 6.92. The first-order valence-electron chi connectivity index (χ1n) is 13.3. The van der Waals surface area contributed by atoms with Crippen molar-refractivity contribution >= 4 is 27.5 Å². The molecule has 1 N–H and O–H groups in total. The lowest BCUT2D eigenvalue weighted by atomic mass is 10.0. The fourth-order valence-electron chi connectivity index (χ4n) is 4.56. The van der Waals surface area contributed by atoms with Gasteiger partial charge in [0.15, 0.2) is 0 Å². The molecule has 3 aromatic carbocycles. The van der Waals surface area contributed by atoms with Crippen molar-refractivity contribution in [3.63, 3.8) is 0 Å². The Labute approximate surface area is 237 Å². The number of nitrogens with zero attached hydrogens (tertiary/aromatic N) is 2. The number of amides is 2. The number of sulfonamides is 1. The maximum absolute atomic E-state index is 14.1. The Morgan fingerprint density at radius 2 is 1.50 bits per heavy atom. The molecule has 9 heteroatoms. The molecule has 0 aliphatic rings. The van der Waals surface area contributed by atoms with E-state index in [0.29, 0.717) is 28.8 Å². The van der Waals surface area contributed by atoms with Crippen LogP contribution in [0.5, 0.6) is 0 Å². The number of carbonyl (C=O) groups is 2. The van der Waals surface area contributed by atoms with E-state index in [9.17, 15) is 22.4 Å². The Morgan fingerprint density at radius 3 is 2.05 bits per heavy atom. The predicted octanol–water partition coefficient (Wildman–Crippen LogP) is 4.76. The van der Waals surface area contributed by atoms with E-state index in [4.69, 9.17) is 0 Å². The molecule has 0 radical (unpaired) electrons. The molecule has 0 saturated carbocycles. The van der Waals surface area contributed by atoms with E-state index in [1.165, 1.54) is 17.0 Å². The summed E-state index contributed by atoms with van der Waals surface area (Å²) in [6.07, 6.45) is 1.98. The highest BCUT2D eigenvalue weighted by atomic mass is 32.2. The van der Waals surface area contributed by atoms with Crippen molar-refractivity contribution in [2.45, 2.75) is 59.2 Å². The molecule has 0 aromatic heterocycles. The van der Waals surface area contributed by atoms with Gasteiger partial charge in [-0.15, -0.1) is 0 Å². The smallest absolute Gasteiger partial charge is 0.244 e. The van der Waals surface area contributed by atoms with Gasteiger partial charge in [-0.25, -0.2) is 12.8 Å². The van der Waals surface area contributed by atoms with E-state index in [1.54, 1.807) is 38.1 Å². The van der Waals surface area contributed by atoms with E-state index >= 15 is 0 Å². The molecule has 2 amide bonds. The van der Waals surface area contributed by atoms with Crippen LogP contribution in [0.1, 0.15) is 42.5 Å². The van der Waals surface area contributed by atoms with Gasteiger partial charge in [0.25, 0.3) is 0 Å². The molecule has 0 spiro atoms. The van der Waals surface area contributed by atoms with Gasteiger partial charge in [0.2, 0.25) is 21.8 Å². The standard InChI is InChI=1S/C31H38FN3O4S/c1-6-24(4)33-31(37)28(19-25-13-8-7-9-14-25)34(20-26-15-17-27(32)18-16-26)29(36)21-35(40(5,38)39)30-22(2)11-10-12-23(30)3/h7-18,24,28H,6,19-21H2,1-5H3,(H,33,37)/t24-,28+/m0/s1. The third-order valence-corrected chi connectivity index (χ3v) is 8.02. The summed E-state index contributed by atoms with van der Waals surface area (Å²) in [5.41, 5.74) is 3.31. The van der Waals surface area contributed by atoms with Crippen LogP contribution in [-0.4, -0.2) is 50.0 Å². The second kappa shape index (κ2) is 13.6. The zero-order valence-electron chi connectivity index (χ0n) is 23.7. The second-order valence-corrected chi connectivity index (χ2v) is 12.1. The minimum Gasteiger partial charge on any atom is -0.352 e. The number of para-hydroxylation sites is 1. The molecule has 3 rings (SSSR count). The number of hydrogen-bond acceptors (Lipinski definition) is 4. The number of rotatable bonds is 12. The van der Waals surface area contributed by atoms with E-state index in [1.807, 2.05) is 50.2 Å². The molecule has 0 saturated heterocycles. The average molecular weight is 568 g/mol. The van der Waals surface area contributed by atoms with Crippen LogP contribution < -0.4 is 9.62 Å². The van der Waals surface area contributed by atoms with Crippen molar-refractivity contribution in [1.82, 2.24) is 10.2 Å². The monoisotopic (exact) mass is 567 g/mol. The lowest BCUT2D eigenvalue weighted by Crippen LogP contribution is -2.54. The molecule has 0 heterocycles. The van der Waals surface area contributed by atoms with Crippen molar-refractivity contribution in [3.05, 3.63) is 101 Å². The molecule has 0 bridgehead atoms. The summed E-state index contributed by atoms with van der Waals surface area (Å²) in [4.78, 5) is 29.2. The van der Waals surface area contributed by atoms with Gasteiger partial charge >= 0.3 is 0 Å². The highest BCUT2D eigenvalue weighted by Crippen LogP contribution is 2.27. The van der Waals surface area contributed by atoms with Gasteiger partial charge in [-0.3, -0.25) is 13.9 Å². The first-order valence-corrected chi connectivity index (χ1v) is 15.2. The van der Waals surface area contributed by atoms with Crippen molar-refractivity contribution in [2.75, 3.05) is 17.1 Å². The Morgan fingerprint density at radius 1 is 0.900 bits per heavy atom. The number of nitrogens with one attached hydrogen (secondary N) is 1. The normalized spacial score (nSPS) is 12.8. The summed E-state index contributed by atoms with van der Waals surface area (Å²) in [6, 6.07) is 19.4. The van der Waals surface area contributed by atoms with Crippen molar-refractivity contribution in [1.29, 1.82) is 0 Å². The minimum atomic E-state index is -3.86. The van der Waals surface area contributed by atoms with Crippen LogP contribution in [0.2, 0.25) is 0 Å². The minimum absolute atomic E-state index is 0.00506. The highest BCUT2D eigenvalue weighted by molar-refractivity contribution is 7.92. The largest absolute Gasteiger partial charge is 0.352 e. The van der Waals surface area contributed by atoms with Crippen molar-refractivity contribution in [2.24, 2.45) is 0 Å². The van der Waals surface area contributed by atoms with Crippen LogP contribution in [0, 0.1) is 19.7 Å². The van der Waals surface area contributed by atoms with Crippen LogP contribution in [0.4, 0.5) is 10.1 Å². The lowest BCUT2D eigenvalue weighted by Gasteiger charge is -2.34.